The predicted molar refractivity (Wildman–Crippen MR) is 76.7 cm³/mol. The van der Waals surface area contributed by atoms with Gasteiger partial charge in [0.05, 0.1) is 0 Å². The Morgan fingerprint density at radius 2 is 1.71 bits per heavy atom. The lowest BCUT2D eigenvalue weighted by molar-refractivity contribution is 0.0944. The molecule has 0 aromatic heterocycles. The molecule has 126 valence electrons. The van der Waals surface area contributed by atoms with Crippen LogP contribution in [0, 0.1) is 11.6 Å². The summed E-state index contributed by atoms with van der Waals surface area (Å²) in [5.74, 6) is -2.63. The molecule has 2 aromatic rings. The Bertz CT molecular complexity index is 897. The Morgan fingerprint density at radius 3 is 2.42 bits per heavy atom. The van der Waals surface area contributed by atoms with Crippen LogP contribution >= 0.6 is 0 Å². The Balaban J connectivity index is 1.76. The Hall–Kier alpha value is -2.72. The van der Waals surface area contributed by atoms with E-state index in [1.807, 2.05) is 5.43 Å². The van der Waals surface area contributed by atoms with Crippen LogP contribution in [0.4, 0.5) is 8.78 Å². The van der Waals surface area contributed by atoms with Crippen molar-refractivity contribution in [3.63, 3.8) is 0 Å². The average Bonchev–Trinajstić information content (AvgIpc) is 2.99. The van der Waals surface area contributed by atoms with Crippen molar-refractivity contribution in [3.8, 4) is 11.5 Å². The first-order valence-electron chi connectivity index (χ1n) is 6.54. The lowest BCUT2D eigenvalue weighted by Crippen LogP contribution is -2.42. The molecule has 0 saturated carbocycles. The molecule has 0 radical (unpaired) electrons. The van der Waals surface area contributed by atoms with Gasteiger partial charge in [-0.05, 0) is 30.3 Å². The van der Waals surface area contributed by atoms with Crippen molar-refractivity contribution in [2.24, 2.45) is 0 Å². The zero-order valence-electron chi connectivity index (χ0n) is 11.9. The second-order valence-electron chi connectivity index (χ2n) is 4.68. The van der Waals surface area contributed by atoms with E-state index < -0.39 is 32.5 Å². The highest BCUT2D eigenvalue weighted by Gasteiger charge is 2.25. The highest BCUT2D eigenvalue weighted by Crippen LogP contribution is 2.32. The van der Waals surface area contributed by atoms with Gasteiger partial charge in [0.25, 0.3) is 15.9 Å². The molecule has 1 aliphatic rings. The molecule has 0 spiro atoms. The molecule has 1 heterocycles. The zero-order chi connectivity index (χ0) is 17.3. The maximum Gasteiger partial charge on any atom is 0.266 e. The number of nitrogens with one attached hydrogen (secondary N) is 2. The Morgan fingerprint density at radius 1 is 1.04 bits per heavy atom. The van der Waals surface area contributed by atoms with Crippen molar-refractivity contribution in [3.05, 3.63) is 53.6 Å². The van der Waals surface area contributed by atoms with E-state index in [4.69, 9.17) is 9.47 Å². The van der Waals surface area contributed by atoms with E-state index in [2.05, 4.69) is 0 Å². The number of hydrazine groups is 1. The average molecular weight is 356 g/mol. The van der Waals surface area contributed by atoms with Crippen molar-refractivity contribution >= 4 is 15.9 Å². The summed E-state index contributed by atoms with van der Waals surface area (Å²) >= 11 is 0. The molecular formula is C14H10F2N2O5S. The minimum atomic E-state index is -4.62. The van der Waals surface area contributed by atoms with Crippen molar-refractivity contribution in [1.82, 2.24) is 10.3 Å². The molecule has 10 heteroatoms. The van der Waals surface area contributed by atoms with Gasteiger partial charge in [-0.3, -0.25) is 10.2 Å². The van der Waals surface area contributed by atoms with E-state index in [0.717, 1.165) is 18.2 Å². The van der Waals surface area contributed by atoms with Gasteiger partial charge in [0.15, 0.2) is 16.4 Å². The third-order valence-electron chi connectivity index (χ3n) is 3.12. The van der Waals surface area contributed by atoms with Crippen molar-refractivity contribution in [1.29, 1.82) is 0 Å². The maximum absolute atomic E-state index is 13.5. The largest absolute Gasteiger partial charge is 0.454 e. The molecule has 0 unspecified atom stereocenters. The number of carbonyl (C=O) groups is 1. The summed E-state index contributed by atoms with van der Waals surface area (Å²) in [6.45, 7) is 0.0135. The van der Waals surface area contributed by atoms with Crippen LogP contribution in [0.5, 0.6) is 11.5 Å². The van der Waals surface area contributed by atoms with Gasteiger partial charge in [0, 0.05) is 5.56 Å². The topological polar surface area (TPSA) is 93.7 Å². The van der Waals surface area contributed by atoms with Crippen LogP contribution < -0.4 is 19.7 Å². The van der Waals surface area contributed by atoms with Crippen molar-refractivity contribution in [2.75, 3.05) is 6.79 Å². The number of hydrogen-bond donors (Lipinski definition) is 2. The molecule has 7 nitrogen and oxygen atoms in total. The van der Waals surface area contributed by atoms with Crippen LogP contribution in [0.2, 0.25) is 0 Å². The first-order chi connectivity index (χ1) is 11.4. The standard InChI is InChI=1S/C14H10F2N2O5S/c15-9-2-1-3-10(16)13(9)24(20,21)18-17-14(19)8-4-5-11-12(6-8)23-7-22-11/h1-6,18H,7H2,(H,17,19). The van der Waals surface area contributed by atoms with Gasteiger partial charge in [-0.2, -0.15) is 0 Å². The van der Waals surface area contributed by atoms with E-state index in [0.29, 0.717) is 11.5 Å². The van der Waals surface area contributed by atoms with Crippen molar-refractivity contribution < 1.29 is 31.5 Å². The summed E-state index contributed by atoms with van der Waals surface area (Å²) in [6, 6.07) is 6.79. The third kappa shape index (κ3) is 3.01. The van der Waals surface area contributed by atoms with Gasteiger partial charge in [0.2, 0.25) is 6.79 Å². The summed E-state index contributed by atoms with van der Waals surface area (Å²) in [4.78, 5) is 12.4. The van der Waals surface area contributed by atoms with Crippen LogP contribution in [0.1, 0.15) is 10.4 Å². The minimum Gasteiger partial charge on any atom is -0.454 e. The number of rotatable bonds is 4. The van der Waals surface area contributed by atoms with E-state index in [-0.39, 0.29) is 12.4 Å². The summed E-state index contributed by atoms with van der Waals surface area (Å²) in [7, 11) is -4.62. The summed E-state index contributed by atoms with van der Waals surface area (Å²) in [5, 5.41) is 0. The SMILES string of the molecule is O=C(NNS(=O)(=O)c1c(F)cccc1F)c1ccc2c(c1)OCO2. The van der Waals surface area contributed by atoms with Gasteiger partial charge in [-0.15, -0.1) is 4.83 Å². The summed E-state index contributed by atoms with van der Waals surface area (Å²) in [5.41, 5.74) is 1.94. The summed E-state index contributed by atoms with van der Waals surface area (Å²) in [6.07, 6.45) is 0. The fraction of sp³-hybridized carbons (Fsp3) is 0.0714. The van der Waals surface area contributed by atoms with E-state index in [1.54, 1.807) is 4.83 Å². The molecule has 2 aromatic carbocycles. The van der Waals surface area contributed by atoms with Crippen LogP contribution in [0.15, 0.2) is 41.3 Å². The predicted octanol–water partition coefficient (Wildman–Crippen LogP) is 1.32. The van der Waals surface area contributed by atoms with Crippen LogP contribution in [-0.2, 0) is 10.0 Å². The van der Waals surface area contributed by atoms with Gasteiger partial charge >= 0.3 is 0 Å². The molecule has 1 amide bonds. The fourth-order valence-corrected chi connectivity index (χ4v) is 2.99. The number of halogens is 2. The summed E-state index contributed by atoms with van der Waals surface area (Å²) < 4.78 is 61.2. The van der Waals surface area contributed by atoms with E-state index >= 15 is 0 Å². The van der Waals surface area contributed by atoms with E-state index in [1.165, 1.54) is 18.2 Å². The molecule has 0 fully saturated rings. The second-order valence-corrected chi connectivity index (χ2v) is 6.30. The van der Waals surface area contributed by atoms with Gasteiger partial charge in [-0.25, -0.2) is 17.2 Å². The Labute approximate surface area is 135 Å². The molecule has 24 heavy (non-hydrogen) atoms. The first kappa shape index (κ1) is 16.1. The fourth-order valence-electron chi connectivity index (χ4n) is 2.01. The smallest absolute Gasteiger partial charge is 0.266 e. The minimum absolute atomic E-state index is 0.0135. The van der Waals surface area contributed by atoms with Gasteiger partial charge in [-0.1, -0.05) is 6.07 Å². The molecule has 0 bridgehead atoms. The number of amides is 1. The monoisotopic (exact) mass is 356 g/mol. The van der Waals surface area contributed by atoms with Crippen LogP contribution in [-0.4, -0.2) is 21.1 Å². The Kier molecular flexibility index (Phi) is 4.08. The number of sulfonamides is 1. The lowest BCUT2D eigenvalue weighted by atomic mass is 10.2. The quantitative estimate of drug-likeness (QED) is 0.806. The van der Waals surface area contributed by atoms with Crippen LogP contribution in [0.25, 0.3) is 0 Å². The third-order valence-corrected chi connectivity index (χ3v) is 4.42. The second kappa shape index (κ2) is 6.06. The number of ether oxygens (including phenoxy) is 2. The van der Waals surface area contributed by atoms with Gasteiger partial charge in [0.1, 0.15) is 11.6 Å². The molecular weight excluding hydrogens is 346 g/mol. The number of carbonyl (C=O) groups excluding carboxylic acids is 1. The van der Waals surface area contributed by atoms with E-state index in [9.17, 15) is 22.0 Å². The lowest BCUT2D eigenvalue weighted by Gasteiger charge is -2.10. The van der Waals surface area contributed by atoms with Crippen LogP contribution in [0.3, 0.4) is 0 Å². The molecule has 0 atom stereocenters. The highest BCUT2D eigenvalue weighted by molar-refractivity contribution is 7.89. The van der Waals surface area contributed by atoms with Gasteiger partial charge < -0.3 is 9.47 Å². The molecule has 0 saturated heterocycles. The molecule has 0 aliphatic carbocycles. The number of hydrogen-bond acceptors (Lipinski definition) is 5. The molecule has 2 N–H and O–H groups in total. The molecule has 1 aliphatic heterocycles. The normalized spacial score (nSPS) is 12.9. The first-order valence-corrected chi connectivity index (χ1v) is 8.02. The number of fused-ring (bicyclic) bond motifs is 1. The maximum atomic E-state index is 13.5. The zero-order valence-corrected chi connectivity index (χ0v) is 12.7. The molecule has 3 rings (SSSR count). The number of benzene rings is 2. The highest BCUT2D eigenvalue weighted by atomic mass is 32.2. The van der Waals surface area contributed by atoms with Crippen molar-refractivity contribution in [2.45, 2.75) is 4.90 Å².